The number of benzene rings is 1. The predicted molar refractivity (Wildman–Crippen MR) is 61.1 cm³/mol. The number of nitrogens with zero attached hydrogens (tertiary/aromatic N) is 2. The molecular formula is C13H12N2O. The van der Waals surface area contributed by atoms with Gasteiger partial charge in [0.25, 0.3) is 0 Å². The van der Waals surface area contributed by atoms with Gasteiger partial charge in [0.2, 0.25) is 0 Å². The van der Waals surface area contributed by atoms with Gasteiger partial charge in [0.15, 0.2) is 11.3 Å². The average molecular weight is 212 g/mol. The highest BCUT2D eigenvalue weighted by atomic mass is 16.5. The third kappa shape index (κ3) is 2.40. The first-order valence-corrected chi connectivity index (χ1v) is 4.79. The Labute approximate surface area is 95.2 Å². The normalized spacial score (nSPS) is 8.81. The van der Waals surface area contributed by atoms with E-state index < -0.39 is 0 Å². The minimum absolute atomic E-state index is 0.00694. The molecule has 3 nitrogen and oxygen atoms in total. The number of hydrogen-bond donors (Lipinski definition) is 0. The standard InChI is InChI=1S/C13H12N2O/c1-9-4-10(2)6-11(5-9)13(16-3)12(7-14)8-15/h4-6H,1-3H3. The zero-order valence-electron chi connectivity index (χ0n) is 9.53. The molecule has 0 N–H and O–H groups in total. The molecule has 1 rings (SSSR count). The molecule has 0 spiro atoms. The Morgan fingerprint density at radius 2 is 1.56 bits per heavy atom. The van der Waals surface area contributed by atoms with Crippen LogP contribution in [0.4, 0.5) is 0 Å². The summed E-state index contributed by atoms with van der Waals surface area (Å²) in [6.07, 6.45) is 0. The maximum absolute atomic E-state index is 8.82. The third-order valence-corrected chi connectivity index (χ3v) is 2.14. The Bertz CT molecular complexity index is 479. The molecule has 16 heavy (non-hydrogen) atoms. The van der Waals surface area contributed by atoms with Gasteiger partial charge in [0.1, 0.15) is 12.1 Å². The van der Waals surface area contributed by atoms with Crippen molar-refractivity contribution in [2.75, 3.05) is 7.11 Å². The number of ether oxygens (including phenoxy) is 1. The second-order valence-corrected chi connectivity index (χ2v) is 3.51. The Morgan fingerprint density at radius 3 is 1.94 bits per heavy atom. The summed E-state index contributed by atoms with van der Waals surface area (Å²) in [6.45, 7) is 3.92. The second-order valence-electron chi connectivity index (χ2n) is 3.51. The maximum Gasteiger partial charge on any atom is 0.172 e. The topological polar surface area (TPSA) is 56.8 Å². The number of hydrogen-bond acceptors (Lipinski definition) is 3. The van der Waals surface area contributed by atoms with Gasteiger partial charge in [-0.05, 0) is 26.0 Å². The molecule has 3 heteroatoms. The number of nitriles is 2. The lowest BCUT2D eigenvalue weighted by molar-refractivity contribution is 0.369. The smallest absolute Gasteiger partial charge is 0.172 e. The van der Waals surface area contributed by atoms with Crippen molar-refractivity contribution in [2.45, 2.75) is 13.8 Å². The van der Waals surface area contributed by atoms with Gasteiger partial charge in [0, 0.05) is 5.56 Å². The van der Waals surface area contributed by atoms with E-state index in [1.54, 1.807) is 0 Å². The van der Waals surface area contributed by atoms with E-state index in [0.717, 1.165) is 16.7 Å². The van der Waals surface area contributed by atoms with Gasteiger partial charge in [0.05, 0.1) is 7.11 Å². The van der Waals surface area contributed by atoms with Crippen LogP contribution in [-0.4, -0.2) is 7.11 Å². The monoisotopic (exact) mass is 212 g/mol. The highest BCUT2D eigenvalue weighted by Crippen LogP contribution is 2.21. The Morgan fingerprint density at radius 1 is 1.06 bits per heavy atom. The molecule has 0 aliphatic heterocycles. The second kappa shape index (κ2) is 5.00. The van der Waals surface area contributed by atoms with E-state index in [1.807, 2.05) is 44.2 Å². The molecule has 0 unspecified atom stereocenters. The van der Waals surface area contributed by atoms with Gasteiger partial charge in [-0.15, -0.1) is 0 Å². The largest absolute Gasteiger partial charge is 0.494 e. The minimum Gasteiger partial charge on any atom is -0.494 e. The lowest BCUT2D eigenvalue weighted by Crippen LogP contribution is -1.93. The fourth-order valence-electron chi connectivity index (χ4n) is 1.60. The summed E-state index contributed by atoms with van der Waals surface area (Å²) in [7, 11) is 1.46. The van der Waals surface area contributed by atoms with Crippen molar-refractivity contribution >= 4 is 5.76 Å². The molecule has 0 fully saturated rings. The number of methoxy groups -OCH3 is 1. The molecule has 0 heterocycles. The summed E-state index contributed by atoms with van der Waals surface area (Å²) in [6, 6.07) is 9.47. The van der Waals surface area contributed by atoms with E-state index >= 15 is 0 Å². The van der Waals surface area contributed by atoms with Crippen molar-refractivity contribution < 1.29 is 4.74 Å². The van der Waals surface area contributed by atoms with Gasteiger partial charge in [-0.3, -0.25) is 0 Å². The molecule has 0 amide bonds. The van der Waals surface area contributed by atoms with E-state index in [9.17, 15) is 0 Å². The van der Waals surface area contributed by atoms with E-state index in [0.29, 0.717) is 5.76 Å². The third-order valence-electron chi connectivity index (χ3n) is 2.14. The van der Waals surface area contributed by atoms with Crippen LogP contribution in [0.1, 0.15) is 16.7 Å². The molecule has 0 atom stereocenters. The van der Waals surface area contributed by atoms with Crippen LogP contribution in [0, 0.1) is 36.5 Å². The fraction of sp³-hybridized carbons (Fsp3) is 0.231. The number of aryl methyl sites for hydroxylation is 2. The van der Waals surface area contributed by atoms with Crippen LogP contribution in [0.3, 0.4) is 0 Å². The van der Waals surface area contributed by atoms with E-state index in [4.69, 9.17) is 15.3 Å². The zero-order valence-corrected chi connectivity index (χ0v) is 9.53. The van der Waals surface area contributed by atoms with E-state index in [2.05, 4.69) is 0 Å². The van der Waals surface area contributed by atoms with Crippen molar-refractivity contribution in [2.24, 2.45) is 0 Å². The van der Waals surface area contributed by atoms with Crippen LogP contribution in [0.25, 0.3) is 5.76 Å². The summed E-state index contributed by atoms with van der Waals surface area (Å²) >= 11 is 0. The molecule has 1 aromatic carbocycles. The SMILES string of the molecule is COC(=C(C#N)C#N)c1cc(C)cc(C)c1. The first-order chi connectivity index (χ1) is 7.62. The summed E-state index contributed by atoms with van der Waals surface area (Å²) < 4.78 is 5.12. The molecule has 0 aromatic heterocycles. The molecule has 0 saturated carbocycles. The Kier molecular flexibility index (Phi) is 3.69. The molecule has 0 aliphatic rings. The van der Waals surface area contributed by atoms with Gasteiger partial charge >= 0.3 is 0 Å². The van der Waals surface area contributed by atoms with Crippen molar-refractivity contribution in [3.05, 3.63) is 40.5 Å². The van der Waals surface area contributed by atoms with Crippen molar-refractivity contribution in [1.29, 1.82) is 10.5 Å². The van der Waals surface area contributed by atoms with Gasteiger partial charge < -0.3 is 4.74 Å². The summed E-state index contributed by atoms with van der Waals surface area (Å²) in [5.74, 6) is 0.330. The van der Waals surface area contributed by atoms with Gasteiger partial charge in [-0.2, -0.15) is 10.5 Å². The first-order valence-electron chi connectivity index (χ1n) is 4.79. The van der Waals surface area contributed by atoms with Crippen LogP contribution in [0.5, 0.6) is 0 Å². The quantitative estimate of drug-likeness (QED) is 0.559. The Hall–Kier alpha value is -2.26. The fourth-order valence-corrected chi connectivity index (χ4v) is 1.60. The van der Waals surface area contributed by atoms with Crippen LogP contribution in [0.2, 0.25) is 0 Å². The predicted octanol–water partition coefficient (Wildman–Crippen LogP) is 2.71. The van der Waals surface area contributed by atoms with Crippen LogP contribution in [-0.2, 0) is 4.74 Å². The van der Waals surface area contributed by atoms with Crippen LogP contribution >= 0.6 is 0 Å². The Balaban J connectivity index is 3.42. The zero-order chi connectivity index (χ0) is 12.1. The van der Waals surface area contributed by atoms with E-state index in [1.165, 1.54) is 7.11 Å². The number of allylic oxidation sites excluding steroid dienone is 1. The lowest BCUT2D eigenvalue weighted by Gasteiger charge is -2.08. The summed E-state index contributed by atoms with van der Waals surface area (Å²) in [5, 5.41) is 17.6. The summed E-state index contributed by atoms with van der Waals surface area (Å²) in [4.78, 5) is 0. The van der Waals surface area contributed by atoms with Gasteiger partial charge in [-0.1, -0.05) is 17.2 Å². The average Bonchev–Trinajstić information content (AvgIpc) is 2.24. The minimum atomic E-state index is -0.00694. The number of rotatable bonds is 2. The van der Waals surface area contributed by atoms with Crippen molar-refractivity contribution in [1.82, 2.24) is 0 Å². The van der Waals surface area contributed by atoms with E-state index in [-0.39, 0.29) is 5.57 Å². The van der Waals surface area contributed by atoms with Crippen molar-refractivity contribution in [3.8, 4) is 12.1 Å². The first kappa shape index (κ1) is 11.8. The van der Waals surface area contributed by atoms with Crippen LogP contribution in [0.15, 0.2) is 23.8 Å². The summed E-state index contributed by atoms with van der Waals surface area (Å²) in [5.41, 5.74) is 2.89. The molecule has 0 bridgehead atoms. The molecule has 0 aliphatic carbocycles. The van der Waals surface area contributed by atoms with Crippen LogP contribution < -0.4 is 0 Å². The molecular weight excluding hydrogens is 200 g/mol. The molecule has 1 aromatic rings. The van der Waals surface area contributed by atoms with Crippen molar-refractivity contribution in [3.63, 3.8) is 0 Å². The van der Waals surface area contributed by atoms with Gasteiger partial charge in [-0.25, -0.2) is 0 Å². The highest BCUT2D eigenvalue weighted by Gasteiger charge is 2.10. The lowest BCUT2D eigenvalue weighted by atomic mass is 10.0. The molecule has 80 valence electrons. The maximum atomic E-state index is 8.82. The molecule has 0 saturated heterocycles. The highest BCUT2D eigenvalue weighted by molar-refractivity contribution is 5.71. The molecule has 0 radical (unpaired) electrons.